The summed E-state index contributed by atoms with van der Waals surface area (Å²) in [7, 11) is -3.92. The van der Waals surface area contributed by atoms with Gasteiger partial charge in [-0.15, -0.1) is 0 Å². The first-order valence-electron chi connectivity index (χ1n) is 10.8. The van der Waals surface area contributed by atoms with E-state index in [4.69, 9.17) is 16.3 Å². The number of benzene rings is 3. The summed E-state index contributed by atoms with van der Waals surface area (Å²) in [5.41, 5.74) is 2.20. The standard InChI is InChI=1S/C26H20ClN3O4S/c27-19-7-10-24-22(15-19)30-26(21-3-1-2-4-23(21)34-24)35(32,33)20-8-5-18(6-9-20)25(31)29-16-17-11-13-28-14-12-17/h1-15,26,30H,16H2,(H,29,31). The van der Waals surface area contributed by atoms with Gasteiger partial charge < -0.3 is 15.4 Å². The number of hydrogen-bond donors (Lipinski definition) is 2. The molecule has 1 amide bonds. The van der Waals surface area contributed by atoms with E-state index >= 15 is 0 Å². The number of amides is 1. The molecule has 176 valence electrons. The van der Waals surface area contributed by atoms with E-state index in [0.29, 0.717) is 39.9 Å². The first kappa shape index (κ1) is 22.9. The molecule has 1 atom stereocenters. The maximum absolute atomic E-state index is 13.7. The predicted octanol–water partition coefficient (Wildman–Crippen LogP) is 5.36. The predicted molar refractivity (Wildman–Crippen MR) is 133 cm³/mol. The van der Waals surface area contributed by atoms with Crippen molar-refractivity contribution in [3.8, 4) is 11.5 Å². The zero-order valence-electron chi connectivity index (χ0n) is 18.3. The molecule has 0 bridgehead atoms. The molecule has 1 aliphatic rings. The summed E-state index contributed by atoms with van der Waals surface area (Å²) in [5.74, 6) is 0.600. The molecule has 9 heteroatoms. The normalized spacial score (nSPS) is 14.5. The molecule has 2 N–H and O–H groups in total. The van der Waals surface area contributed by atoms with Crippen LogP contribution in [0.5, 0.6) is 11.5 Å². The van der Waals surface area contributed by atoms with Crippen molar-refractivity contribution in [3.05, 3.63) is 113 Å². The Bertz CT molecular complexity index is 1490. The van der Waals surface area contributed by atoms with Gasteiger partial charge in [0.2, 0.25) is 9.84 Å². The molecular weight excluding hydrogens is 486 g/mol. The number of ether oxygens (including phenoxy) is 1. The molecule has 1 unspecified atom stereocenters. The molecule has 4 aromatic rings. The Kier molecular flexibility index (Phi) is 6.15. The van der Waals surface area contributed by atoms with Crippen LogP contribution < -0.4 is 15.4 Å². The van der Waals surface area contributed by atoms with E-state index in [2.05, 4.69) is 15.6 Å². The van der Waals surface area contributed by atoms with Gasteiger partial charge in [0.25, 0.3) is 5.91 Å². The van der Waals surface area contributed by atoms with Crippen molar-refractivity contribution in [1.82, 2.24) is 10.3 Å². The third-order valence-electron chi connectivity index (χ3n) is 5.61. The van der Waals surface area contributed by atoms with Crippen LogP contribution in [0, 0.1) is 0 Å². The smallest absolute Gasteiger partial charge is 0.251 e. The minimum absolute atomic E-state index is 0.0703. The van der Waals surface area contributed by atoms with E-state index in [1.54, 1.807) is 54.9 Å². The lowest BCUT2D eigenvalue weighted by atomic mass is 10.2. The Labute approximate surface area is 207 Å². The fraction of sp³-hybridized carbons (Fsp3) is 0.0769. The summed E-state index contributed by atoms with van der Waals surface area (Å²) >= 11 is 6.15. The molecule has 1 aromatic heterocycles. The Hall–Kier alpha value is -3.88. The van der Waals surface area contributed by atoms with Crippen molar-refractivity contribution in [3.63, 3.8) is 0 Å². The summed E-state index contributed by atoms with van der Waals surface area (Å²) < 4.78 is 33.5. The quantitative estimate of drug-likeness (QED) is 0.379. The molecule has 0 saturated heterocycles. The summed E-state index contributed by atoms with van der Waals surface area (Å²) in [5, 5.41) is 5.23. The highest BCUT2D eigenvalue weighted by molar-refractivity contribution is 7.91. The molecule has 0 radical (unpaired) electrons. The Morgan fingerprint density at radius 2 is 1.71 bits per heavy atom. The second-order valence-corrected chi connectivity index (χ2v) is 10.4. The van der Waals surface area contributed by atoms with Crippen molar-refractivity contribution >= 4 is 33.0 Å². The Balaban J connectivity index is 1.43. The zero-order chi connectivity index (χ0) is 24.4. The lowest BCUT2D eigenvalue weighted by molar-refractivity contribution is 0.0951. The molecule has 2 heterocycles. The van der Waals surface area contributed by atoms with Gasteiger partial charge in [0, 0.05) is 35.1 Å². The summed E-state index contributed by atoms with van der Waals surface area (Å²) in [6, 6.07) is 21.4. The van der Waals surface area contributed by atoms with Gasteiger partial charge in [-0.1, -0.05) is 29.8 Å². The van der Waals surface area contributed by atoms with Crippen molar-refractivity contribution in [1.29, 1.82) is 0 Å². The van der Waals surface area contributed by atoms with Crippen LogP contribution in [0.4, 0.5) is 5.69 Å². The Morgan fingerprint density at radius 1 is 0.971 bits per heavy atom. The Morgan fingerprint density at radius 3 is 2.49 bits per heavy atom. The van der Waals surface area contributed by atoms with Crippen LogP contribution in [0.15, 0.2) is 96.2 Å². The highest BCUT2D eigenvalue weighted by Gasteiger charge is 2.34. The lowest BCUT2D eigenvalue weighted by Gasteiger charge is -2.20. The van der Waals surface area contributed by atoms with E-state index in [1.165, 1.54) is 24.3 Å². The summed E-state index contributed by atoms with van der Waals surface area (Å²) in [6.07, 6.45) is 3.30. The first-order valence-corrected chi connectivity index (χ1v) is 12.7. The molecular formula is C26H20ClN3O4S. The van der Waals surface area contributed by atoms with E-state index < -0.39 is 15.2 Å². The molecule has 0 fully saturated rings. The molecule has 0 aliphatic carbocycles. The molecule has 5 rings (SSSR count). The SMILES string of the molecule is O=C(NCc1ccncc1)c1ccc(S(=O)(=O)C2Nc3cc(Cl)ccc3Oc3ccccc32)cc1. The van der Waals surface area contributed by atoms with Crippen molar-refractivity contribution in [2.24, 2.45) is 0 Å². The molecule has 7 nitrogen and oxygen atoms in total. The fourth-order valence-corrected chi connectivity index (χ4v) is 5.56. The first-order chi connectivity index (χ1) is 16.9. The van der Waals surface area contributed by atoms with Gasteiger partial charge in [-0.25, -0.2) is 8.42 Å². The van der Waals surface area contributed by atoms with Gasteiger partial charge in [0.15, 0.2) is 11.1 Å². The number of nitrogens with one attached hydrogen (secondary N) is 2. The van der Waals surface area contributed by atoms with Gasteiger partial charge in [-0.2, -0.15) is 0 Å². The van der Waals surface area contributed by atoms with Crippen molar-refractivity contribution in [2.45, 2.75) is 16.8 Å². The number of anilines is 1. The lowest BCUT2D eigenvalue weighted by Crippen LogP contribution is -2.23. The van der Waals surface area contributed by atoms with E-state index in [-0.39, 0.29) is 10.8 Å². The van der Waals surface area contributed by atoms with Crippen LogP contribution in [0.25, 0.3) is 0 Å². The number of fused-ring (bicyclic) bond motifs is 2. The van der Waals surface area contributed by atoms with Crippen LogP contribution in [0.3, 0.4) is 0 Å². The van der Waals surface area contributed by atoms with Gasteiger partial charge >= 0.3 is 0 Å². The van der Waals surface area contributed by atoms with E-state index in [1.807, 2.05) is 12.1 Å². The van der Waals surface area contributed by atoms with Crippen molar-refractivity contribution < 1.29 is 17.9 Å². The molecule has 0 saturated carbocycles. The monoisotopic (exact) mass is 505 g/mol. The molecule has 3 aromatic carbocycles. The average molecular weight is 506 g/mol. The van der Waals surface area contributed by atoms with Crippen LogP contribution in [0.1, 0.15) is 26.9 Å². The average Bonchev–Trinajstić information content (AvgIpc) is 3.05. The number of halogens is 1. The van der Waals surface area contributed by atoms with Crippen LogP contribution in [0.2, 0.25) is 5.02 Å². The number of pyridine rings is 1. The number of rotatable bonds is 5. The van der Waals surface area contributed by atoms with Crippen LogP contribution in [-0.4, -0.2) is 19.3 Å². The highest BCUT2D eigenvalue weighted by atomic mass is 35.5. The number of aromatic nitrogens is 1. The number of carbonyl (C=O) groups is 1. The second kappa shape index (κ2) is 9.40. The maximum Gasteiger partial charge on any atom is 0.251 e. The van der Waals surface area contributed by atoms with Crippen LogP contribution in [-0.2, 0) is 16.4 Å². The zero-order valence-corrected chi connectivity index (χ0v) is 19.9. The number of nitrogens with zero attached hydrogens (tertiary/aromatic N) is 1. The number of carbonyl (C=O) groups excluding carboxylic acids is 1. The second-order valence-electron chi connectivity index (χ2n) is 7.91. The molecule has 0 spiro atoms. The van der Waals surface area contributed by atoms with E-state index in [0.717, 1.165) is 5.56 Å². The largest absolute Gasteiger partial charge is 0.455 e. The molecule has 35 heavy (non-hydrogen) atoms. The van der Waals surface area contributed by atoms with Gasteiger partial charge in [-0.3, -0.25) is 9.78 Å². The third kappa shape index (κ3) is 4.71. The third-order valence-corrected chi connectivity index (χ3v) is 7.76. The summed E-state index contributed by atoms with van der Waals surface area (Å²) in [4.78, 5) is 16.6. The van der Waals surface area contributed by atoms with Gasteiger partial charge in [-0.05, 0) is 66.2 Å². The van der Waals surface area contributed by atoms with Gasteiger partial charge in [0.1, 0.15) is 5.75 Å². The maximum atomic E-state index is 13.7. The topological polar surface area (TPSA) is 97.4 Å². The number of hydrogen-bond acceptors (Lipinski definition) is 6. The summed E-state index contributed by atoms with van der Waals surface area (Å²) in [6.45, 7) is 0.339. The highest BCUT2D eigenvalue weighted by Crippen LogP contribution is 2.44. The van der Waals surface area contributed by atoms with E-state index in [9.17, 15) is 13.2 Å². The minimum Gasteiger partial charge on any atom is -0.455 e. The number of sulfone groups is 1. The number of para-hydroxylation sites is 1. The fourth-order valence-electron chi connectivity index (χ4n) is 3.79. The van der Waals surface area contributed by atoms with Crippen LogP contribution >= 0.6 is 11.6 Å². The van der Waals surface area contributed by atoms with Gasteiger partial charge in [0.05, 0.1) is 10.6 Å². The molecule has 1 aliphatic heterocycles. The van der Waals surface area contributed by atoms with Crippen molar-refractivity contribution in [2.75, 3.05) is 5.32 Å². The minimum atomic E-state index is -3.92.